The van der Waals surface area contributed by atoms with Crippen LogP contribution in [0.5, 0.6) is 0 Å². The Kier molecular flexibility index (Phi) is 4.59. The van der Waals surface area contributed by atoms with E-state index in [-0.39, 0.29) is 23.3 Å². The van der Waals surface area contributed by atoms with Crippen molar-refractivity contribution in [2.24, 2.45) is 0 Å². The van der Waals surface area contributed by atoms with Crippen LogP contribution in [0.3, 0.4) is 0 Å². The zero-order chi connectivity index (χ0) is 13.5. The first-order valence-corrected chi connectivity index (χ1v) is 5.26. The number of ether oxygens (including phenoxy) is 1. The van der Waals surface area contributed by atoms with E-state index >= 15 is 0 Å². The fourth-order valence-corrected chi connectivity index (χ4v) is 1.44. The van der Waals surface area contributed by atoms with Crippen molar-refractivity contribution >= 4 is 11.8 Å². The number of esters is 1. The molecule has 1 aromatic carbocycles. The zero-order valence-electron chi connectivity index (χ0n) is 9.77. The largest absolute Gasteiger partial charge is 0.466 e. The van der Waals surface area contributed by atoms with Crippen molar-refractivity contribution in [3.8, 4) is 12.1 Å². The van der Waals surface area contributed by atoms with E-state index in [4.69, 9.17) is 10.5 Å². The Balaban J connectivity index is 3.04. The van der Waals surface area contributed by atoms with E-state index in [0.717, 1.165) is 0 Å². The van der Waals surface area contributed by atoms with Gasteiger partial charge in [0, 0.05) is 5.56 Å². The smallest absolute Gasteiger partial charge is 0.313 e. The van der Waals surface area contributed by atoms with E-state index in [1.165, 1.54) is 18.2 Å². The van der Waals surface area contributed by atoms with Gasteiger partial charge in [0.05, 0.1) is 17.7 Å². The average molecular weight is 242 g/mol. The molecule has 5 nitrogen and oxygen atoms in total. The zero-order valence-corrected chi connectivity index (χ0v) is 9.77. The normalized spacial score (nSPS) is 9.06. The second-order valence-corrected chi connectivity index (χ2v) is 3.36. The lowest BCUT2D eigenvalue weighted by Crippen LogP contribution is -2.13. The minimum atomic E-state index is -0.645. The molecule has 0 saturated carbocycles. The third-order valence-electron chi connectivity index (χ3n) is 2.21. The van der Waals surface area contributed by atoms with Crippen molar-refractivity contribution in [1.82, 2.24) is 0 Å². The Morgan fingerprint density at radius 2 is 2.00 bits per heavy atom. The molecule has 0 aromatic heterocycles. The highest BCUT2D eigenvalue weighted by molar-refractivity contribution is 6.07. The Hall–Kier alpha value is -2.66. The fraction of sp³-hybridized carbons (Fsp3) is 0.231. The first-order valence-electron chi connectivity index (χ1n) is 5.26. The number of hydrogen-bond donors (Lipinski definition) is 0. The van der Waals surface area contributed by atoms with Crippen LogP contribution in [-0.2, 0) is 9.53 Å². The van der Waals surface area contributed by atoms with Crippen molar-refractivity contribution in [2.75, 3.05) is 6.61 Å². The minimum absolute atomic E-state index is 0.00528. The molecule has 90 valence electrons. The number of carbonyl (C=O) groups excluding carboxylic acids is 2. The van der Waals surface area contributed by atoms with E-state index < -0.39 is 18.2 Å². The van der Waals surface area contributed by atoms with Gasteiger partial charge in [0.15, 0.2) is 5.78 Å². The van der Waals surface area contributed by atoms with Gasteiger partial charge in [-0.3, -0.25) is 9.59 Å². The topological polar surface area (TPSA) is 90.9 Å². The predicted octanol–water partition coefficient (Wildman–Crippen LogP) is 1.57. The Bertz CT molecular complexity index is 565. The number of rotatable bonds is 4. The first-order chi connectivity index (χ1) is 8.63. The van der Waals surface area contributed by atoms with Gasteiger partial charge in [-0.05, 0) is 19.1 Å². The van der Waals surface area contributed by atoms with Gasteiger partial charge in [0.1, 0.15) is 18.6 Å². The molecular formula is C13H10N2O3. The summed E-state index contributed by atoms with van der Waals surface area (Å²) in [7, 11) is 0. The maximum Gasteiger partial charge on any atom is 0.313 e. The van der Waals surface area contributed by atoms with E-state index in [1.807, 2.05) is 6.07 Å². The summed E-state index contributed by atoms with van der Waals surface area (Å²) in [4.78, 5) is 23.0. The molecule has 18 heavy (non-hydrogen) atoms. The van der Waals surface area contributed by atoms with Gasteiger partial charge in [-0.1, -0.05) is 6.07 Å². The van der Waals surface area contributed by atoms with Gasteiger partial charge in [-0.15, -0.1) is 0 Å². The summed E-state index contributed by atoms with van der Waals surface area (Å²) in [6, 6.07) is 7.99. The summed E-state index contributed by atoms with van der Waals surface area (Å²) < 4.78 is 4.66. The van der Waals surface area contributed by atoms with Gasteiger partial charge in [0.2, 0.25) is 0 Å². The van der Waals surface area contributed by atoms with Crippen LogP contribution >= 0.6 is 0 Å². The van der Waals surface area contributed by atoms with Crippen LogP contribution in [0.1, 0.15) is 34.8 Å². The summed E-state index contributed by atoms with van der Waals surface area (Å²) in [5.41, 5.74) is 0.186. The summed E-state index contributed by atoms with van der Waals surface area (Å²) in [5, 5.41) is 17.8. The maximum atomic E-state index is 11.8. The Morgan fingerprint density at radius 3 is 2.56 bits per heavy atom. The molecule has 0 unspecified atom stereocenters. The number of nitrogens with zero attached hydrogens (tertiary/aromatic N) is 2. The molecule has 0 atom stereocenters. The van der Waals surface area contributed by atoms with Gasteiger partial charge in [0.25, 0.3) is 0 Å². The third-order valence-corrected chi connectivity index (χ3v) is 2.21. The van der Waals surface area contributed by atoms with E-state index in [2.05, 4.69) is 4.74 Å². The number of benzene rings is 1. The van der Waals surface area contributed by atoms with Gasteiger partial charge >= 0.3 is 5.97 Å². The number of nitriles is 2. The lowest BCUT2D eigenvalue weighted by Gasteiger charge is -2.04. The second kappa shape index (κ2) is 6.17. The number of hydrogen-bond acceptors (Lipinski definition) is 5. The van der Waals surface area contributed by atoms with E-state index in [9.17, 15) is 9.59 Å². The fourth-order valence-electron chi connectivity index (χ4n) is 1.44. The van der Waals surface area contributed by atoms with Crippen molar-refractivity contribution in [1.29, 1.82) is 10.5 Å². The molecule has 0 aliphatic heterocycles. The van der Waals surface area contributed by atoms with Gasteiger partial charge in [-0.2, -0.15) is 10.5 Å². The van der Waals surface area contributed by atoms with Gasteiger partial charge in [-0.25, -0.2) is 0 Å². The molecule has 0 fully saturated rings. The Labute approximate surface area is 104 Å². The van der Waals surface area contributed by atoms with Crippen molar-refractivity contribution in [3.63, 3.8) is 0 Å². The lowest BCUT2D eigenvalue weighted by atomic mass is 9.98. The molecule has 0 saturated heterocycles. The summed E-state index contributed by atoms with van der Waals surface area (Å²) >= 11 is 0. The number of carbonyl (C=O) groups is 2. The van der Waals surface area contributed by atoms with Crippen molar-refractivity contribution in [2.45, 2.75) is 13.3 Å². The predicted molar refractivity (Wildman–Crippen MR) is 61.5 cm³/mol. The quantitative estimate of drug-likeness (QED) is 0.454. The third kappa shape index (κ3) is 2.93. The van der Waals surface area contributed by atoms with Crippen LogP contribution < -0.4 is 0 Å². The highest BCUT2D eigenvalue weighted by Gasteiger charge is 2.18. The molecule has 0 bridgehead atoms. The molecule has 0 radical (unpaired) electrons. The maximum absolute atomic E-state index is 11.8. The highest BCUT2D eigenvalue weighted by atomic mass is 16.5. The monoisotopic (exact) mass is 242 g/mol. The molecule has 1 rings (SSSR count). The van der Waals surface area contributed by atoms with E-state index in [1.54, 1.807) is 13.0 Å². The minimum Gasteiger partial charge on any atom is -0.466 e. The standard InChI is InChI=1S/C13H10N2O3/c1-2-18-13(17)6-12(16)10-5-3-4-9(7-14)11(10)8-15/h3-5H,2,6H2,1H3. The molecule has 0 aliphatic rings. The molecule has 5 heteroatoms. The van der Waals surface area contributed by atoms with Crippen LogP contribution in [0.4, 0.5) is 0 Å². The van der Waals surface area contributed by atoms with E-state index in [0.29, 0.717) is 0 Å². The highest BCUT2D eigenvalue weighted by Crippen LogP contribution is 2.15. The summed E-state index contributed by atoms with van der Waals surface area (Å²) in [6.07, 6.45) is -0.433. The number of Topliss-reactive ketones (excluding diaryl/α,β-unsaturated/α-hetero) is 1. The Morgan fingerprint density at radius 1 is 1.28 bits per heavy atom. The molecule has 0 aliphatic carbocycles. The van der Waals surface area contributed by atoms with Crippen molar-refractivity contribution < 1.29 is 14.3 Å². The SMILES string of the molecule is CCOC(=O)CC(=O)c1cccc(C#N)c1C#N. The lowest BCUT2D eigenvalue weighted by molar-refractivity contribution is -0.141. The second-order valence-electron chi connectivity index (χ2n) is 3.36. The molecule has 0 N–H and O–H groups in total. The van der Waals surface area contributed by atoms with Gasteiger partial charge < -0.3 is 4.74 Å². The molecule has 0 amide bonds. The van der Waals surface area contributed by atoms with Crippen LogP contribution in [-0.4, -0.2) is 18.4 Å². The van der Waals surface area contributed by atoms with Crippen LogP contribution in [0.25, 0.3) is 0 Å². The van der Waals surface area contributed by atoms with Crippen molar-refractivity contribution in [3.05, 3.63) is 34.9 Å². The number of ketones is 1. The molecule has 0 spiro atoms. The van der Waals surface area contributed by atoms with Crippen LogP contribution in [0.15, 0.2) is 18.2 Å². The molecule has 0 heterocycles. The molecular weight excluding hydrogens is 232 g/mol. The summed E-state index contributed by atoms with van der Waals surface area (Å²) in [5.74, 6) is -1.17. The molecule has 1 aromatic rings. The van der Waals surface area contributed by atoms with Crippen LogP contribution in [0, 0.1) is 22.7 Å². The summed E-state index contributed by atoms with van der Waals surface area (Å²) in [6.45, 7) is 1.83. The first kappa shape index (κ1) is 13.4. The van der Waals surface area contributed by atoms with Crippen LogP contribution in [0.2, 0.25) is 0 Å². The average Bonchev–Trinajstić information content (AvgIpc) is 2.37.